The number of carbonyl (C=O) groups excluding carboxylic acids is 1. The van der Waals surface area contributed by atoms with Crippen molar-refractivity contribution in [1.29, 1.82) is 0 Å². The molecule has 0 radical (unpaired) electrons. The molecule has 2 heterocycles. The molecule has 3 rings (SSSR count). The number of amides is 1. The zero-order valence-electron chi connectivity index (χ0n) is 11.7. The molecule has 1 aliphatic heterocycles. The average molecular weight is 276 g/mol. The van der Waals surface area contributed by atoms with Crippen LogP contribution in [0.1, 0.15) is 41.4 Å². The number of piperidine rings is 1. The standard InChI is InChI=1S/C15H20N2O3/c1-15(20)5-6-17(9-13(15)18)14(19)11-7-10-3-2-4-12(10)16-8-11/h7-8,13,18,20H,2-6,9H2,1H3. The van der Waals surface area contributed by atoms with Gasteiger partial charge in [-0.3, -0.25) is 9.78 Å². The number of nitrogens with zero attached hydrogens (tertiary/aromatic N) is 2. The van der Waals surface area contributed by atoms with Crippen molar-refractivity contribution in [3.05, 3.63) is 29.1 Å². The van der Waals surface area contributed by atoms with Gasteiger partial charge in [0.15, 0.2) is 0 Å². The summed E-state index contributed by atoms with van der Waals surface area (Å²) in [5.41, 5.74) is 1.75. The number of pyridine rings is 1. The Kier molecular flexibility index (Phi) is 3.26. The first kappa shape index (κ1) is 13.5. The van der Waals surface area contributed by atoms with E-state index in [-0.39, 0.29) is 12.5 Å². The molecule has 1 fully saturated rings. The largest absolute Gasteiger partial charge is 0.388 e. The van der Waals surface area contributed by atoms with E-state index in [2.05, 4.69) is 4.98 Å². The Morgan fingerprint density at radius 3 is 3.05 bits per heavy atom. The maximum Gasteiger partial charge on any atom is 0.255 e. The lowest BCUT2D eigenvalue weighted by Crippen LogP contribution is -2.55. The van der Waals surface area contributed by atoms with Crippen LogP contribution >= 0.6 is 0 Å². The molecule has 2 N–H and O–H groups in total. The molecule has 1 aromatic rings. The molecule has 2 aliphatic rings. The van der Waals surface area contributed by atoms with Crippen LogP contribution < -0.4 is 0 Å². The van der Waals surface area contributed by atoms with Crippen molar-refractivity contribution in [2.45, 2.75) is 44.3 Å². The second-order valence-electron chi connectivity index (χ2n) is 6.06. The zero-order chi connectivity index (χ0) is 14.3. The Hall–Kier alpha value is -1.46. The monoisotopic (exact) mass is 276 g/mol. The number of likely N-dealkylation sites (tertiary alicyclic amines) is 1. The van der Waals surface area contributed by atoms with Crippen molar-refractivity contribution in [1.82, 2.24) is 9.88 Å². The molecule has 2 unspecified atom stereocenters. The lowest BCUT2D eigenvalue weighted by Gasteiger charge is -2.39. The Morgan fingerprint density at radius 1 is 1.50 bits per heavy atom. The van der Waals surface area contributed by atoms with E-state index in [0.717, 1.165) is 25.0 Å². The van der Waals surface area contributed by atoms with Crippen molar-refractivity contribution in [2.24, 2.45) is 0 Å². The maximum atomic E-state index is 12.4. The van der Waals surface area contributed by atoms with E-state index in [0.29, 0.717) is 18.5 Å². The predicted molar refractivity (Wildman–Crippen MR) is 73.4 cm³/mol. The van der Waals surface area contributed by atoms with Crippen molar-refractivity contribution >= 4 is 5.91 Å². The highest BCUT2D eigenvalue weighted by Gasteiger charge is 2.38. The van der Waals surface area contributed by atoms with E-state index < -0.39 is 11.7 Å². The van der Waals surface area contributed by atoms with Gasteiger partial charge in [-0.1, -0.05) is 0 Å². The van der Waals surface area contributed by atoms with Crippen LogP contribution in [0.4, 0.5) is 0 Å². The highest BCUT2D eigenvalue weighted by Crippen LogP contribution is 2.25. The van der Waals surface area contributed by atoms with Crippen LogP contribution in [0.15, 0.2) is 12.3 Å². The number of fused-ring (bicyclic) bond motifs is 1. The molecular weight excluding hydrogens is 256 g/mol. The van der Waals surface area contributed by atoms with Gasteiger partial charge in [0, 0.05) is 25.0 Å². The minimum atomic E-state index is -1.10. The third kappa shape index (κ3) is 2.31. The van der Waals surface area contributed by atoms with E-state index in [9.17, 15) is 15.0 Å². The summed E-state index contributed by atoms with van der Waals surface area (Å²) in [4.78, 5) is 18.4. The number of aliphatic hydroxyl groups is 2. The van der Waals surface area contributed by atoms with Gasteiger partial charge in [0.05, 0.1) is 17.3 Å². The fourth-order valence-corrected chi connectivity index (χ4v) is 2.94. The minimum Gasteiger partial charge on any atom is -0.388 e. The Morgan fingerprint density at radius 2 is 2.30 bits per heavy atom. The van der Waals surface area contributed by atoms with Gasteiger partial charge in [0.2, 0.25) is 0 Å². The van der Waals surface area contributed by atoms with Gasteiger partial charge in [-0.15, -0.1) is 0 Å². The first-order chi connectivity index (χ1) is 9.47. The third-order valence-electron chi connectivity index (χ3n) is 4.45. The van der Waals surface area contributed by atoms with Gasteiger partial charge in [-0.2, -0.15) is 0 Å². The SMILES string of the molecule is CC1(O)CCN(C(=O)c2cnc3c(c2)CCC3)CC1O. The average Bonchev–Trinajstić information content (AvgIpc) is 2.88. The van der Waals surface area contributed by atoms with Crippen molar-refractivity contribution in [3.63, 3.8) is 0 Å². The molecule has 0 aromatic carbocycles. The molecule has 20 heavy (non-hydrogen) atoms. The molecular formula is C15H20N2O3. The number of hydrogen-bond acceptors (Lipinski definition) is 4. The number of carbonyl (C=O) groups is 1. The Balaban J connectivity index is 1.76. The summed E-state index contributed by atoms with van der Waals surface area (Å²) in [6, 6.07) is 1.93. The molecule has 108 valence electrons. The van der Waals surface area contributed by atoms with E-state index in [1.165, 1.54) is 5.56 Å². The number of aromatic nitrogens is 1. The molecule has 1 saturated heterocycles. The van der Waals surface area contributed by atoms with Gasteiger partial charge >= 0.3 is 0 Å². The van der Waals surface area contributed by atoms with Gasteiger partial charge < -0.3 is 15.1 Å². The van der Waals surface area contributed by atoms with Crippen LogP contribution in [0.3, 0.4) is 0 Å². The molecule has 0 saturated carbocycles. The van der Waals surface area contributed by atoms with E-state index in [1.54, 1.807) is 18.0 Å². The Labute approximate surface area is 118 Å². The van der Waals surface area contributed by atoms with Crippen LogP contribution in [0.5, 0.6) is 0 Å². The number of β-amino-alcohol motifs (C(OH)–C–C–N with tert-alkyl or cyclic N) is 1. The minimum absolute atomic E-state index is 0.109. The van der Waals surface area contributed by atoms with Crippen LogP contribution in [0, 0.1) is 0 Å². The summed E-state index contributed by atoms with van der Waals surface area (Å²) >= 11 is 0. The molecule has 0 spiro atoms. The fourth-order valence-electron chi connectivity index (χ4n) is 2.94. The number of hydrogen-bond donors (Lipinski definition) is 2. The van der Waals surface area contributed by atoms with Gasteiger partial charge in [-0.05, 0) is 44.2 Å². The smallest absolute Gasteiger partial charge is 0.255 e. The third-order valence-corrected chi connectivity index (χ3v) is 4.45. The second-order valence-corrected chi connectivity index (χ2v) is 6.06. The number of aryl methyl sites for hydroxylation is 2. The molecule has 5 nitrogen and oxygen atoms in total. The highest BCUT2D eigenvalue weighted by molar-refractivity contribution is 5.94. The van der Waals surface area contributed by atoms with Crippen LogP contribution in [0.2, 0.25) is 0 Å². The lowest BCUT2D eigenvalue weighted by molar-refractivity contribution is -0.0999. The van der Waals surface area contributed by atoms with Gasteiger partial charge in [0.1, 0.15) is 0 Å². The Bertz CT molecular complexity index is 542. The molecule has 5 heteroatoms. The summed E-state index contributed by atoms with van der Waals surface area (Å²) in [6.07, 6.45) is 4.20. The molecule has 1 aliphatic carbocycles. The van der Waals surface area contributed by atoms with Crippen molar-refractivity contribution in [2.75, 3.05) is 13.1 Å². The van der Waals surface area contributed by atoms with Crippen molar-refractivity contribution < 1.29 is 15.0 Å². The normalized spacial score (nSPS) is 29.4. The second kappa shape index (κ2) is 4.82. The number of rotatable bonds is 1. The molecule has 1 aromatic heterocycles. The summed E-state index contributed by atoms with van der Waals surface area (Å²) in [5.74, 6) is -0.109. The topological polar surface area (TPSA) is 73.7 Å². The van der Waals surface area contributed by atoms with E-state index >= 15 is 0 Å². The predicted octanol–water partition coefficient (Wildman–Crippen LogP) is 0.528. The van der Waals surface area contributed by atoms with E-state index in [1.807, 2.05) is 6.07 Å². The summed E-state index contributed by atoms with van der Waals surface area (Å²) in [7, 11) is 0. The summed E-state index contributed by atoms with van der Waals surface area (Å²) in [6.45, 7) is 2.24. The van der Waals surface area contributed by atoms with Crippen molar-refractivity contribution in [3.8, 4) is 0 Å². The maximum absolute atomic E-state index is 12.4. The van der Waals surface area contributed by atoms with Crippen LogP contribution in [0.25, 0.3) is 0 Å². The molecule has 1 amide bonds. The van der Waals surface area contributed by atoms with Crippen LogP contribution in [-0.4, -0.2) is 50.8 Å². The molecule has 2 atom stereocenters. The molecule has 0 bridgehead atoms. The first-order valence-corrected chi connectivity index (χ1v) is 7.15. The first-order valence-electron chi connectivity index (χ1n) is 7.15. The zero-order valence-corrected chi connectivity index (χ0v) is 11.7. The summed E-state index contributed by atoms with van der Waals surface area (Å²) in [5, 5.41) is 19.8. The summed E-state index contributed by atoms with van der Waals surface area (Å²) < 4.78 is 0. The number of aliphatic hydroxyl groups excluding tert-OH is 1. The van der Waals surface area contributed by atoms with Crippen LogP contribution in [-0.2, 0) is 12.8 Å². The van der Waals surface area contributed by atoms with E-state index in [4.69, 9.17) is 0 Å². The lowest BCUT2D eigenvalue weighted by atomic mass is 9.90. The van der Waals surface area contributed by atoms with Gasteiger partial charge in [-0.25, -0.2) is 0 Å². The van der Waals surface area contributed by atoms with Gasteiger partial charge in [0.25, 0.3) is 5.91 Å². The quantitative estimate of drug-likeness (QED) is 0.784. The highest BCUT2D eigenvalue weighted by atomic mass is 16.3. The fraction of sp³-hybridized carbons (Fsp3) is 0.600.